The summed E-state index contributed by atoms with van der Waals surface area (Å²) in [5.74, 6) is 0.845. The zero-order chi connectivity index (χ0) is 14.5. The smallest absolute Gasteiger partial charge is 0.319 e. The van der Waals surface area contributed by atoms with E-state index in [-0.39, 0.29) is 18.2 Å². The summed E-state index contributed by atoms with van der Waals surface area (Å²) in [5.41, 5.74) is 0.670. The second-order valence-electron chi connectivity index (χ2n) is 5.40. The van der Waals surface area contributed by atoms with Crippen LogP contribution in [0.1, 0.15) is 25.7 Å². The number of hydrogen-bond donors (Lipinski definition) is 3. The van der Waals surface area contributed by atoms with E-state index in [4.69, 9.17) is 0 Å². The van der Waals surface area contributed by atoms with Crippen molar-refractivity contribution in [2.45, 2.75) is 37.8 Å². The summed E-state index contributed by atoms with van der Waals surface area (Å²) in [5, 5.41) is 15.1. The molecular formula is C14H22N4O2. The fraction of sp³-hybridized carbons (Fsp3) is 0.571. The summed E-state index contributed by atoms with van der Waals surface area (Å²) in [6.07, 6.45) is 4.59. The van der Waals surface area contributed by atoms with Crippen molar-refractivity contribution in [1.29, 1.82) is 0 Å². The highest BCUT2D eigenvalue weighted by Crippen LogP contribution is 2.18. The van der Waals surface area contributed by atoms with Gasteiger partial charge >= 0.3 is 6.03 Å². The lowest BCUT2D eigenvalue weighted by atomic mass is 9.93. The molecular weight excluding hydrogens is 256 g/mol. The molecule has 1 aliphatic rings. The zero-order valence-electron chi connectivity index (χ0n) is 12.0. The first-order chi connectivity index (χ1) is 9.54. The van der Waals surface area contributed by atoms with Crippen molar-refractivity contribution in [2.24, 2.45) is 0 Å². The number of carbonyl (C=O) groups is 1. The van der Waals surface area contributed by atoms with Crippen molar-refractivity contribution >= 4 is 17.5 Å². The molecule has 1 aromatic rings. The van der Waals surface area contributed by atoms with Crippen molar-refractivity contribution in [3.05, 3.63) is 18.3 Å². The van der Waals surface area contributed by atoms with Crippen LogP contribution in [0, 0.1) is 0 Å². The van der Waals surface area contributed by atoms with Gasteiger partial charge < -0.3 is 20.6 Å². The third-order valence-corrected chi connectivity index (χ3v) is 3.50. The fourth-order valence-electron chi connectivity index (χ4n) is 2.30. The maximum absolute atomic E-state index is 11.9. The molecule has 1 fully saturated rings. The van der Waals surface area contributed by atoms with E-state index < -0.39 is 0 Å². The molecule has 110 valence electrons. The molecule has 6 heteroatoms. The molecule has 0 aliphatic heterocycles. The van der Waals surface area contributed by atoms with Crippen molar-refractivity contribution in [1.82, 2.24) is 10.3 Å². The van der Waals surface area contributed by atoms with Gasteiger partial charge in [0.05, 0.1) is 18.0 Å². The monoisotopic (exact) mass is 278 g/mol. The molecule has 0 bridgehead atoms. The van der Waals surface area contributed by atoms with E-state index in [9.17, 15) is 9.90 Å². The van der Waals surface area contributed by atoms with Gasteiger partial charge in [-0.3, -0.25) is 0 Å². The Kier molecular flexibility index (Phi) is 4.79. The van der Waals surface area contributed by atoms with E-state index in [1.807, 2.05) is 31.1 Å². The van der Waals surface area contributed by atoms with Crippen LogP contribution in [0.4, 0.5) is 16.3 Å². The van der Waals surface area contributed by atoms with E-state index in [1.54, 1.807) is 6.20 Å². The first-order valence-electron chi connectivity index (χ1n) is 6.93. The number of nitrogens with zero attached hydrogens (tertiary/aromatic N) is 2. The molecule has 6 nitrogen and oxygen atoms in total. The number of nitrogens with one attached hydrogen (secondary N) is 2. The van der Waals surface area contributed by atoms with Crippen LogP contribution in [0.15, 0.2) is 18.3 Å². The molecule has 0 atom stereocenters. The van der Waals surface area contributed by atoms with Gasteiger partial charge in [0.25, 0.3) is 0 Å². The number of pyridine rings is 1. The van der Waals surface area contributed by atoms with Gasteiger partial charge in [0.1, 0.15) is 5.82 Å². The molecule has 0 spiro atoms. The van der Waals surface area contributed by atoms with Crippen LogP contribution in [0.5, 0.6) is 0 Å². The quantitative estimate of drug-likeness (QED) is 0.784. The maximum atomic E-state index is 11.9. The number of hydrogen-bond acceptors (Lipinski definition) is 4. The predicted molar refractivity (Wildman–Crippen MR) is 79.0 cm³/mol. The largest absolute Gasteiger partial charge is 0.393 e. The number of aliphatic hydroxyl groups is 1. The second-order valence-corrected chi connectivity index (χ2v) is 5.40. The molecule has 0 aromatic carbocycles. The van der Waals surface area contributed by atoms with Crippen LogP contribution in [-0.2, 0) is 0 Å². The highest BCUT2D eigenvalue weighted by molar-refractivity contribution is 5.89. The highest BCUT2D eigenvalue weighted by Gasteiger charge is 2.20. The Balaban J connectivity index is 1.82. The Morgan fingerprint density at radius 3 is 2.55 bits per heavy atom. The molecule has 2 amide bonds. The van der Waals surface area contributed by atoms with E-state index in [0.717, 1.165) is 31.5 Å². The topological polar surface area (TPSA) is 77.5 Å². The molecule has 0 radical (unpaired) electrons. The highest BCUT2D eigenvalue weighted by atomic mass is 16.3. The van der Waals surface area contributed by atoms with Gasteiger partial charge in [0.2, 0.25) is 0 Å². The summed E-state index contributed by atoms with van der Waals surface area (Å²) in [4.78, 5) is 18.0. The Morgan fingerprint density at radius 2 is 2.00 bits per heavy atom. The van der Waals surface area contributed by atoms with Gasteiger partial charge in [0.15, 0.2) is 0 Å². The minimum Gasteiger partial charge on any atom is -0.393 e. The lowest BCUT2D eigenvalue weighted by Gasteiger charge is -2.26. The van der Waals surface area contributed by atoms with E-state index in [0.29, 0.717) is 5.69 Å². The number of urea groups is 1. The molecule has 0 saturated heterocycles. The van der Waals surface area contributed by atoms with Crippen molar-refractivity contribution < 1.29 is 9.90 Å². The molecule has 0 unspecified atom stereocenters. The van der Waals surface area contributed by atoms with Crippen LogP contribution in [0.2, 0.25) is 0 Å². The van der Waals surface area contributed by atoms with Gasteiger partial charge in [-0.15, -0.1) is 0 Å². The van der Waals surface area contributed by atoms with Crippen LogP contribution in [0.25, 0.3) is 0 Å². The lowest BCUT2D eigenvalue weighted by Crippen LogP contribution is -2.40. The number of amides is 2. The predicted octanol–water partition coefficient (Wildman–Crippen LogP) is 1.57. The minimum atomic E-state index is -0.217. The Labute approximate surface area is 119 Å². The van der Waals surface area contributed by atoms with Crippen molar-refractivity contribution in [3.8, 4) is 0 Å². The van der Waals surface area contributed by atoms with Crippen molar-refractivity contribution in [2.75, 3.05) is 24.3 Å². The average Bonchev–Trinajstić information content (AvgIpc) is 2.42. The molecule has 1 aromatic heterocycles. The zero-order valence-corrected chi connectivity index (χ0v) is 12.0. The van der Waals surface area contributed by atoms with E-state index in [2.05, 4.69) is 15.6 Å². The summed E-state index contributed by atoms with van der Waals surface area (Å²) in [7, 11) is 3.83. The molecule has 1 aliphatic carbocycles. The number of aliphatic hydroxyl groups excluding tert-OH is 1. The lowest BCUT2D eigenvalue weighted by molar-refractivity contribution is 0.118. The molecule has 20 heavy (non-hydrogen) atoms. The molecule has 1 saturated carbocycles. The Morgan fingerprint density at radius 1 is 1.30 bits per heavy atom. The van der Waals surface area contributed by atoms with E-state index in [1.165, 1.54) is 0 Å². The van der Waals surface area contributed by atoms with Crippen molar-refractivity contribution in [3.63, 3.8) is 0 Å². The van der Waals surface area contributed by atoms with Gasteiger partial charge in [0, 0.05) is 20.1 Å². The molecule has 3 N–H and O–H groups in total. The van der Waals surface area contributed by atoms with Crippen LogP contribution >= 0.6 is 0 Å². The summed E-state index contributed by atoms with van der Waals surface area (Å²) < 4.78 is 0. The third kappa shape index (κ3) is 4.09. The number of aromatic nitrogens is 1. The van der Waals surface area contributed by atoms with Gasteiger partial charge in [-0.2, -0.15) is 0 Å². The standard InChI is InChI=1S/C14H22N4O2/c1-18(2)13-8-5-11(9-15-13)17-14(20)16-10-3-6-12(19)7-4-10/h5,8-10,12,19H,3-4,6-7H2,1-2H3,(H2,16,17,20). The number of rotatable bonds is 3. The Hall–Kier alpha value is -1.82. The van der Waals surface area contributed by atoms with Gasteiger partial charge in [-0.05, 0) is 37.8 Å². The Bertz CT molecular complexity index is 439. The van der Waals surface area contributed by atoms with Crippen LogP contribution in [0.3, 0.4) is 0 Å². The van der Waals surface area contributed by atoms with Gasteiger partial charge in [-0.25, -0.2) is 9.78 Å². The van der Waals surface area contributed by atoms with E-state index >= 15 is 0 Å². The van der Waals surface area contributed by atoms with Gasteiger partial charge in [-0.1, -0.05) is 0 Å². The normalized spacial score (nSPS) is 22.1. The first kappa shape index (κ1) is 14.6. The molecule has 1 heterocycles. The molecule has 2 rings (SSSR count). The number of carbonyl (C=O) groups excluding carboxylic acids is 1. The third-order valence-electron chi connectivity index (χ3n) is 3.50. The SMILES string of the molecule is CN(C)c1ccc(NC(=O)NC2CCC(O)CC2)cn1. The van der Waals surface area contributed by atoms with Crippen LogP contribution in [-0.4, -0.2) is 42.4 Å². The average molecular weight is 278 g/mol. The summed E-state index contributed by atoms with van der Waals surface area (Å²) in [6, 6.07) is 3.61. The minimum absolute atomic E-state index is 0.146. The maximum Gasteiger partial charge on any atom is 0.319 e. The first-order valence-corrected chi connectivity index (χ1v) is 6.93. The second kappa shape index (κ2) is 6.56. The summed E-state index contributed by atoms with van der Waals surface area (Å²) >= 11 is 0. The summed E-state index contributed by atoms with van der Waals surface area (Å²) in [6.45, 7) is 0. The van der Waals surface area contributed by atoms with Crippen LogP contribution < -0.4 is 15.5 Å². The fourth-order valence-corrected chi connectivity index (χ4v) is 2.30. The number of anilines is 2.